The second-order valence-electron chi connectivity index (χ2n) is 9.70. The van der Waals surface area contributed by atoms with Crippen LogP contribution in [0.3, 0.4) is 0 Å². The average molecular weight is 466 g/mol. The van der Waals surface area contributed by atoms with E-state index in [2.05, 4.69) is 48.0 Å². The van der Waals surface area contributed by atoms with E-state index in [-0.39, 0.29) is 5.91 Å². The second kappa shape index (κ2) is 9.75. The number of hydrogen-bond donors (Lipinski definition) is 3. The number of anilines is 2. The standard InChI is InChI=1S/C26H35N5O3/c1-15-10-9-11-16(2)21(15)13-27-22-12-20(14-31-19(5)17(3)28-23(22)31)30-24(32)18(4)29-25(33)34-26(6,7)8/h9-12,14,18,27H,13H2,1-8H3,(H,29,33)(H,30,32)/t18-/m0/s1. The molecule has 0 saturated heterocycles. The van der Waals surface area contributed by atoms with Crippen LogP contribution in [0.2, 0.25) is 0 Å². The van der Waals surface area contributed by atoms with Crippen LogP contribution >= 0.6 is 0 Å². The third-order valence-electron chi connectivity index (χ3n) is 5.69. The summed E-state index contributed by atoms with van der Waals surface area (Å²) in [5.74, 6) is -0.347. The lowest BCUT2D eigenvalue weighted by Crippen LogP contribution is -2.44. The van der Waals surface area contributed by atoms with Gasteiger partial charge in [-0.1, -0.05) is 18.2 Å². The molecule has 8 nitrogen and oxygen atoms in total. The van der Waals surface area contributed by atoms with Gasteiger partial charge in [-0.05, 0) is 78.1 Å². The van der Waals surface area contributed by atoms with Gasteiger partial charge >= 0.3 is 6.09 Å². The van der Waals surface area contributed by atoms with E-state index < -0.39 is 17.7 Å². The number of nitrogens with one attached hydrogen (secondary N) is 3. The van der Waals surface area contributed by atoms with E-state index in [1.165, 1.54) is 16.7 Å². The summed E-state index contributed by atoms with van der Waals surface area (Å²) in [6, 6.07) is 7.34. The summed E-state index contributed by atoms with van der Waals surface area (Å²) < 4.78 is 7.21. The first-order valence-corrected chi connectivity index (χ1v) is 11.4. The van der Waals surface area contributed by atoms with Gasteiger partial charge in [-0.15, -0.1) is 0 Å². The predicted molar refractivity (Wildman–Crippen MR) is 135 cm³/mol. The number of aryl methyl sites for hydroxylation is 4. The van der Waals surface area contributed by atoms with Crippen LogP contribution in [0.5, 0.6) is 0 Å². The summed E-state index contributed by atoms with van der Waals surface area (Å²) in [7, 11) is 0. The fourth-order valence-electron chi connectivity index (χ4n) is 3.68. The lowest BCUT2D eigenvalue weighted by molar-refractivity contribution is -0.117. The molecule has 34 heavy (non-hydrogen) atoms. The minimum Gasteiger partial charge on any atom is -0.444 e. The zero-order valence-corrected chi connectivity index (χ0v) is 21.3. The molecule has 2 aromatic heterocycles. The number of hydrogen-bond acceptors (Lipinski definition) is 5. The van der Waals surface area contributed by atoms with Gasteiger partial charge in [-0.3, -0.25) is 4.79 Å². The number of rotatable bonds is 6. The molecule has 1 aromatic carbocycles. The van der Waals surface area contributed by atoms with Crippen molar-refractivity contribution in [1.29, 1.82) is 0 Å². The Morgan fingerprint density at radius 2 is 1.76 bits per heavy atom. The van der Waals surface area contributed by atoms with Crippen LogP contribution in [0, 0.1) is 27.7 Å². The minimum absolute atomic E-state index is 0.347. The monoisotopic (exact) mass is 465 g/mol. The highest BCUT2D eigenvalue weighted by Crippen LogP contribution is 2.26. The van der Waals surface area contributed by atoms with Crippen molar-refractivity contribution >= 4 is 29.0 Å². The summed E-state index contributed by atoms with van der Waals surface area (Å²) in [6.45, 7) is 15.7. The lowest BCUT2D eigenvalue weighted by Gasteiger charge is -2.21. The maximum atomic E-state index is 12.8. The number of aromatic nitrogens is 2. The highest BCUT2D eigenvalue weighted by atomic mass is 16.6. The van der Waals surface area contributed by atoms with E-state index in [0.29, 0.717) is 12.2 Å². The molecule has 0 radical (unpaired) electrons. The number of alkyl carbamates (subject to hydrolysis) is 1. The van der Waals surface area contributed by atoms with Crippen molar-refractivity contribution < 1.29 is 14.3 Å². The van der Waals surface area contributed by atoms with E-state index >= 15 is 0 Å². The summed E-state index contributed by atoms with van der Waals surface area (Å²) in [6.07, 6.45) is 1.20. The Kier molecular flexibility index (Phi) is 7.19. The molecule has 2 amide bonds. The maximum Gasteiger partial charge on any atom is 0.408 e. The Labute approximate surface area is 201 Å². The van der Waals surface area contributed by atoms with Gasteiger partial charge in [0.2, 0.25) is 5.91 Å². The van der Waals surface area contributed by atoms with Crippen molar-refractivity contribution in [3.05, 3.63) is 58.5 Å². The SMILES string of the molecule is Cc1cccc(C)c1CNc1cc(NC(=O)[C@H](C)NC(=O)OC(C)(C)C)cn2c(C)c(C)nc12. The summed E-state index contributed by atoms with van der Waals surface area (Å²) in [5, 5.41) is 8.98. The van der Waals surface area contributed by atoms with Crippen molar-refractivity contribution in [3.63, 3.8) is 0 Å². The molecule has 182 valence electrons. The summed E-state index contributed by atoms with van der Waals surface area (Å²) in [5.41, 5.74) is 7.11. The number of ether oxygens (including phenoxy) is 1. The van der Waals surface area contributed by atoms with Crippen molar-refractivity contribution in [2.45, 2.75) is 73.6 Å². The number of fused-ring (bicyclic) bond motifs is 1. The molecule has 0 aliphatic rings. The molecular formula is C26H35N5O3. The zero-order chi connectivity index (χ0) is 25.2. The van der Waals surface area contributed by atoms with Crippen molar-refractivity contribution in [3.8, 4) is 0 Å². The largest absolute Gasteiger partial charge is 0.444 e. The first-order valence-electron chi connectivity index (χ1n) is 11.4. The van der Waals surface area contributed by atoms with Crippen LogP contribution in [0.1, 0.15) is 55.8 Å². The topological polar surface area (TPSA) is 96.8 Å². The number of pyridine rings is 1. The molecule has 0 aliphatic heterocycles. The van der Waals surface area contributed by atoms with Crippen LogP contribution in [-0.2, 0) is 16.1 Å². The molecule has 2 heterocycles. The lowest BCUT2D eigenvalue weighted by atomic mass is 10.0. The Bertz CT molecular complexity index is 1200. The molecule has 0 unspecified atom stereocenters. The smallest absolute Gasteiger partial charge is 0.408 e. The molecule has 0 aliphatic carbocycles. The quantitative estimate of drug-likeness (QED) is 0.474. The van der Waals surface area contributed by atoms with Gasteiger partial charge in [-0.2, -0.15) is 0 Å². The molecule has 3 N–H and O–H groups in total. The highest BCUT2D eigenvalue weighted by molar-refractivity contribution is 5.97. The first kappa shape index (κ1) is 25.1. The first-order chi connectivity index (χ1) is 15.9. The van der Waals surface area contributed by atoms with Crippen LogP contribution in [0.4, 0.5) is 16.2 Å². The molecule has 0 bridgehead atoms. The Balaban J connectivity index is 1.83. The van der Waals surface area contributed by atoms with E-state index in [1.54, 1.807) is 27.7 Å². The molecule has 3 aromatic rings. The fraction of sp³-hybridized carbons (Fsp3) is 0.423. The molecular weight excluding hydrogens is 430 g/mol. The van der Waals surface area contributed by atoms with E-state index in [4.69, 9.17) is 9.72 Å². The molecule has 1 atom stereocenters. The number of nitrogens with zero attached hydrogens (tertiary/aromatic N) is 2. The van der Waals surface area contributed by atoms with Gasteiger partial charge in [0.15, 0.2) is 5.65 Å². The average Bonchev–Trinajstić information content (AvgIpc) is 3.00. The Morgan fingerprint density at radius 1 is 1.12 bits per heavy atom. The predicted octanol–water partition coefficient (Wildman–Crippen LogP) is 5.03. The molecule has 8 heteroatoms. The maximum absolute atomic E-state index is 12.8. The molecule has 0 spiro atoms. The van der Waals surface area contributed by atoms with Gasteiger partial charge in [0, 0.05) is 18.4 Å². The second-order valence-corrected chi connectivity index (χ2v) is 9.70. The normalized spacial score (nSPS) is 12.4. The minimum atomic E-state index is -0.776. The number of amides is 2. The summed E-state index contributed by atoms with van der Waals surface area (Å²) in [4.78, 5) is 29.5. The van der Waals surface area contributed by atoms with Crippen molar-refractivity contribution in [1.82, 2.24) is 14.7 Å². The number of benzene rings is 1. The third-order valence-corrected chi connectivity index (χ3v) is 5.69. The fourth-order valence-corrected chi connectivity index (χ4v) is 3.68. The number of carbonyl (C=O) groups is 2. The van der Waals surface area contributed by atoms with Crippen molar-refractivity contribution in [2.24, 2.45) is 0 Å². The van der Waals surface area contributed by atoms with Gasteiger partial charge in [0.05, 0.1) is 17.1 Å². The van der Waals surface area contributed by atoms with Gasteiger partial charge in [-0.25, -0.2) is 9.78 Å². The van der Waals surface area contributed by atoms with Crippen LogP contribution in [-0.4, -0.2) is 33.0 Å². The Morgan fingerprint density at radius 3 is 2.38 bits per heavy atom. The number of carbonyl (C=O) groups excluding carboxylic acids is 2. The van der Waals surface area contributed by atoms with Crippen molar-refractivity contribution in [2.75, 3.05) is 10.6 Å². The third kappa shape index (κ3) is 5.87. The van der Waals surface area contributed by atoms with Gasteiger partial charge in [0.1, 0.15) is 11.6 Å². The van der Waals surface area contributed by atoms with Crippen LogP contribution in [0.15, 0.2) is 30.5 Å². The highest BCUT2D eigenvalue weighted by Gasteiger charge is 2.22. The van der Waals surface area contributed by atoms with E-state index in [1.807, 2.05) is 30.5 Å². The molecule has 3 rings (SSSR count). The van der Waals surface area contributed by atoms with Crippen LogP contribution < -0.4 is 16.0 Å². The van der Waals surface area contributed by atoms with Gasteiger partial charge in [0.25, 0.3) is 0 Å². The van der Waals surface area contributed by atoms with E-state index in [0.717, 1.165) is 22.7 Å². The van der Waals surface area contributed by atoms with E-state index in [9.17, 15) is 9.59 Å². The Hall–Kier alpha value is -3.55. The zero-order valence-electron chi connectivity index (χ0n) is 21.3. The molecule has 0 fully saturated rings. The number of imidazole rings is 1. The summed E-state index contributed by atoms with van der Waals surface area (Å²) >= 11 is 0. The molecule has 0 saturated carbocycles. The van der Waals surface area contributed by atoms with Crippen LogP contribution in [0.25, 0.3) is 5.65 Å². The van der Waals surface area contributed by atoms with Gasteiger partial charge < -0.3 is 25.1 Å².